The summed E-state index contributed by atoms with van der Waals surface area (Å²) in [5.74, 6) is 0.945. The van der Waals surface area contributed by atoms with E-state index < -0.39 is 0 Å². The van der Waals surface area contributed by atoms with Crippen molar-refractivity contribution >= 4 is 5.82 Å². The van der Waals surface area contributed by atoms with Crippen LogP contribution < -0.4 is 4.90 Å². The van der Waals surface area contributed by atoms with E-state index in [-0.39, 0.29) is 12.1 Å². The van der Waals surface area contributed by atoms with Crippen LogP contribution in [0.25, 0.3) is 0 Å². The SMILES string of the molecule is CCc1cc(CO)cc(N(C)C(C)(C)CC)n1. The molecule has 0 aliphatic heterocycles. The highest BCUT2D eigenvalue weighted by Gasteiger charge is 2.22. The highest BCUT2D eigenvalue weighted by Crippen LogP contribution is 2.24. The van der Waals surface area contributed by atoms with Gasteiger partial charge in [-0.25, -0.2) is 4.98 Å². The number of anilines is 1. The number of pyridine rings is 1. The minimum atomic E-state index is 0.0723. The molecule has 0 radical (unpaired) electrons. The van der Waals surface area contributed by atoms with E-state index in [0.29, 0.717) is 0 Å². The Morgan fingerprint density at radius 3 is 2.41 bits per heavy atom. The second kappa shape index (κ2) is 5.50. The second-order valence-corrected chi connectivity index (χ2v) is 5.06. The van der Waals surface area contributed by atoms with Gasteiger partial charge < -0.3 is 10.0 Å². The van der Waals surface area contributed by atoms with Gasteiger partial charge in [0.05, 0.1) is 6.61 Å². The molecule has 0 saturated carbocycles. The average Bonchev–Trinajstić information content (AvgIpc) is 2.36. The number of hydrogen-bond acceptors (Lipinski definition) is 3. The molecule has 3 heteroatoms. The van der Waals surface area contributed by atoms with E-state index in [1.165, 1.54) is 0 Å². The molecule has 0 aliphatic rings. The first-order chi connectivity index (χ1) is 7.94. The summed E-state index contributed by atoms with van der Waals surface area (Å²) in [6.45, 7) is 8.73. The van der Waals surface area contributed by atoms with Crippen LogP contribution in [0, 0.1) is 0 Å². The molecule has 1 heterocycles. The predicted molar refractivity (Wildman–Crippen MR) is 72.3 cm³/mol. The highest BCUT2D eigenvalue weighted by molar-refractivity contribution is 5.44. The molecule has 0 aliphatic carbocycles. The topological polar surface area (TPSA) is 36.4 Å². The van der Waals surface area contributed by atoms with E-state index in [9.17, 15) is 5.11 Å². The molecule has 0 atom stereocenters. The standard InChI is InChI=1S/C14H24N2O/c1-6-12-8-11(10-17)9-13(15-12)16(5)14(3,4)7-2/h8-9,17H,6-7,10H2,1-5H3. The lowest BCUT2D eigenvalue weighted by atomic mass is 10.00. The van der Waals surface area contributed by atoms with Gasteiger partial charge >= 0.3 is 0 Å². The lowest BCUT2D eigenvalue weighted by Gasteiger charge is -2.36. The molecule has 1 N–H and O–H groups in total. The Bertz CT molecular complexity index is 352. The van der Waals surface area contributed by atoms with Gasteiger partial charge in [0.25, 0.3) is 0 Å². The fraction of sp³-hybridized carbons (Fsp3) is 0.643. The summed E-state index contributed by atoms with van der Waals surface area (Å²) in [7, 11) is 2.06. The summed E-state index contributed by atoms with van der Waals surface area (Å²) >= 11 is 0. The summed E-state index contributed by atoms with van der Waals surface area (Å²) in [5, 5.41) is 9.28. The smallest absolute Gasteiger partial charge is 0.129 e. The van der Waals surface area contributed by atoms with Crippen molar-refractivity contribution < 1.29 is 5.11 Å². The summed E-state index contributed by atoms with van der Waals surface area (Å²) in [6, 6.07) is 3.94. The van der Waals surface area contributed by atoms with Crippen molar-refractivity contribution in [3.8, 4) is 0 Å². The fourth-order valence-electron chi connectivity index (χ4n) is 1.62. The molecular formula is C14H24N2O. The predicted octanol–water partition coefficient (Wildman–Crippen LogP) is 2.76. The normalized spacial score (nSPS) is 11.6. The zero-order valence-corrected chi connectivity index (χ0v) is 11.6. The average molecular weight is 236 g/mol. The number of aliphatic hydroxyl groups is 1. The van der Waals surface area contributed by atoms with Gasteiger partial charge in [-0.1, -0.05) is 13.8 Å². The largest absolute Gasteiger partial charge is 0.392 e. The van der Waals surface area contributed by atoms with Crippen molar-refractivity contribution in [3.05, 3.63) is 23.4 Å². The molecule has 0 bridgehead atoms. The number of aromatic nitrogens is 1. The molecule has 0 fully saturated rings. The third-order valence-electron chi connectivity index (χ3n) is 3.59. The van der Waals surface area contributed by atoms with Crippen molar-refractivity contribution in [2.24, 2.45) is 0 Å². The van der Waals surface area contributed by atoms with Crippen LogP contribution >= 0.6 is 0 Å². The van der Waals surface area contributed by atoms with Gasteiger partial charge in [-0.05, 0) is 44.4 Å². The molecule has 1 aromatic heterocycles. The molecule has 96 valence electrons. The Balaban J connectivity index is 3.12. The molecule has 1 aromatic rings. The second-order valence-electron chi connectivity index (χ2n) is 5.06. The van der Waals surface area contributed by atoms with Gasteiger partial charge in [0.15, 0.2) is 0 Å². The number of rotatable bonds is 5. The quantitative estimate of drug-likeness (QED) is 0.854. The molecular weight excluding hydrogens is 212 g/mol. The van der Waals surface area contributed by atoms with E-state index in [0.717, 1.165) is 29.9 Å². The van der Waals surface area contributed by atoms with Gasteiger partial charge in [0.2, 0.25) is 0 Å². The van der Waals surface area contributed by atoms with Crippen LogP contribution in [0.3, 0.4) is 0 Å². The van der Waals surface area contributed by atoms with Gasteiger partial charge in [-0.3, -0.25) is 0 Å². The zero-order valence-electron chi connectivity index (χ0n) is 11.6. The van der Waals surface area contributed by atoms with E-state index in [1.54, 1.807) is 0 Å². The zero-order chi connectivity index (χ0) is 13.1. The Hall–Kier alpha value is -1.09. The van der Waals surface area contributed by atoms with E-state index in [4.69, 9.17) is 0 Å². The summed E-state index contributed by atoms with van der Waals surface area (Å²) in [4.78, 5) is 6.81. The molecule has 17 heavy (non-hydrogen) atoms. The summed E-state index contributed by atoms with van der Waals surface area (Å²) in [6.07, 6.45) is 1.94. The third-order valence-corrected chi connectivity index (χ3v) is 3.59. The Labute approximate surface area is 104 Å². The van der Waals surface area contributed by atoms with Gasteiger partial charge in [-0.15, -0.1) is 0 Å². The highest BCUT2D eigenvalue weighted by atomic mass is 16.3. The summed E-state index contributed by atoms with van der Waals surface area (Å²) in [5.41, 5.74) is 2.04. The first kappa shape index (κ1) is 14.0. The Morgan fingerprint density at radius 2 is 1.94 bits per heavy atom. The molecule has 0 unspecified atom stereocenters. The van der Waals surface area contributed by atoms with Crippen LogP contribution in [0.4, 0.5) is 5.82 Å². The molecule has 1 rings (SSSR count). The number of aryl methyl sites for hydroxylation is 1. The Kier molecular flexibility index (Phi) is 4.52. The van der Waals surface area contributed by atoms with Crippen LogP contribution in [-0.2, 0) is 13.0 Å². The maximum absolute atomic E-state index is 9.28. The molecule has 0 amide bonds. The maximum Gasteiger partial charge on any atom is 0.129 e. The molecule has 0 aromatic carbocycles. The van der Waals surface area contributed by atoms with Gasteiger partial charge in [0.1, 0.15) is 5.82 Å². The lowest BCUT2D eigenvalue weighted by Crippen LogP contribution is -2.41. The van der Waals surface area contributed by atoms with Crippen LogP contribution in [0.2, 0.25) is 0 Å². The van der Waals surface area contributed by atoms with Crippen molar-refractivity contribution in [3.63, 3.8) is 0 Å². The van der Waals surface area contributed by atoms with Gasteiger partial charge in [-0.2, -0.15) is 0 Å². The van der Waals surface area contributed by atoms with E-state index in [2.05, 4.69) is 44.6 Å². The molecule has 0 spiro atoms. The minimum absolute atomic E-state index is 0.0723. The molecule has 0 saturated heterocycles. The number of aliphatic hydroxyl groups excluding tert-OH is 1. The maximum atomic E-state index is 9.28. The summed E-state index contributed by atoms with van der Waals surface area (Å²) < 4.78 is 0. The van der Waals surface area contributed by atoms with Crippen molar-refractivity contribution in [2.45, 2.75) is 52.7 Å². The van der Waals surface area contributed by atoms with E-state index in [1.807, 2.05) is 12.1 Å². The lowest BCUT2D eigenvalue weighted by molar-refractivity contribution is 0.281. The first-order valence-corrected chi connectivity index (χ1v) is 6.29. The number of hydrogen-bond donors (Lipinski definition) is 1. The third kappa shape index (κ3) is 3.19. The first-order valence-electron chi connectivity index (χ1n) is 6.29. The van der Waals surface area contributed by atoms with Crippen LogP contribution in [0.15, 0.2) is 12.1 Å². The van der Waals surface area contributed by atoms with Crippen molar-refractivity contribution in [2.75, 3.05) is 11.9 Å². The fourth-order valence-corrected chi connectivity index (χ4v) is 1.62. The van der Waals surface area contributed by atoms with Gasteiger partial charge in [0, 0.05) is 18.3 Å². The Morgan fingerprint density at radius 1 is 1.29 bits per heavy atom. The molecule has 3 nitrogen and oxygen atoms in total. The number of nitrogens with zero attached hydrogens (tertiary/aromatic N) is 2. The van der Waals surface area contributed by atoms with Crippen LogP contribution in [0.5, 0.6) is 0 Å². The van der Waals surface area contributed by atoms with Crippen LogP contribution in [-0.4, -0.2) is 22.7 Å². The van der Waals surface area contributed by atoms with Crippen LogP contribution in [0.1, 0.15) is 45.4 Å². The van der Waals surface area contributed by atoms with Crippen molar-refractivity contribution in [1.29, 1.82) is 0 Å². The van der Waals surface area contributed by atoms with E-state index >= 15 is 0 Å². The van der Waals surface area contributed by atoms with Crippen molar-refractivity contribution in [1.82, 2.24) is 4.98 Å². The minimum Gasteiger partial charge on any atom is -0.392 e. The monoisotopic (exact) mass is 236 g/mol.